The molecule has 0 aliphatic heterocycles. The molecule has 3 heteroatoms. The second kappa shape index (κ2) is 10.6. The Balaban J connectivity index is 2.80. The second-order valence-electron chi connectivity index (χ2n) is 5.83. The van der Waals surface area contributed by atoms with Crippen molar-refractivity contribution >= 4 is 27.5 Å². The lowest BCUT2D eigenvalue weighted by Gasteiger charge is -2.24. The van der Waals surface area contributed by atoms with Crippen LogP contribution in [0.25, 0.3) is 0 Å². The van der Waals surface area contributed by atoms with Gasteiger partial charge in [0.05, 0.1) is 5.02 Å². The van der Waals surface area contributed by atoms with E-state index in [1.54, 1.807) is 0 Å². The summed E-state index contributed by atoms with van der Waals surface area (Å²) in [6.45, 7) is 7.87. The lowest BCUT2D eigenvalue weighted by molar-refractivity contribution is 0.353. The normalized spacial score (nSPS) is 14.1. The summed E-state index contributed by atoms with van der Waals surface area (Å²) in [5.41, 5.74) is 1.34. The lowest BCUT2D eigenvalue weighted by atomic mass is 9.89. The van der Waals surface area contributed by atoms with Crippen LogP contribution in [0.15, 0.2) is 22.7 Å². The molecule has 1 aromatic rings. The van der Waals surface area contributed by atoms with Crippen LogP contribution >= 0.6 is 27.5 Å². The van der Waals surface area contributed by atoms with Crippen molar-refractivity contribution in [1.82, 2.24) is 5.32 Å². The maximum atomic E-state index is 6.12. The van der Waals surface area contributed by atoms with Crippen molar-refractivity contribution in [1.29, 1.82) is 0 Å². The van der Waals surface area contributed by atoms with Crippen molar-refractivity contribution in [3.63, 3.8) is 0 Å². The quantitative estimate of drug-likeness (QED) is 0.477. The summed E-state index contributed by atoms with van der Waals surface area (Å²) in [5, 5.41) is 4.49. The summed E-state index contributed by atoms with van der Waals surface area (Å²) in [6, 6.07) is 6.75. The molecule has 0 saturated heterocycles. The van der Waals surface area contributed by atoms with E-state index in [1.807, 2.05) is 6.07 Å². The van der Waals surface area contributed by atoms with E-state index in [-0.39, 0.29) is 0 Å². The van der Waals surface area contributed by atoms with Crippen molar-refractivity contribution in [2.75, 3.05) is 6.54 Å². The SMILES string of the molecule is CCCCC(CC)CC(NCCC)c1ccc(Cl)c(Br)c1. The first-order valence-electron chi connectivity index (χ1n) is 8.30. The maximum absolute atomic E-state index is 6.12. The van der Waals surface area contributed by atoms with Gasteiger partial charge in [-0.3, -0.25) is 0 Å². The van der Waals surface area contributed by atoms with E-state index in [1.165, 1.54) is 37.7 Å². The average molecular weight is 375 g/mol. The summed E-state index contributed by atoms with van der Waals surface area (Å²) >= 11 is 9.67. The van der Waals surface area contributed by atoms with Crippen LogP contribution in [0.5, 0.6) is 0 Å². The zero-order chi connectivity index (χ0) is 15.7. The predicted molar refractivity (Wildman–Crippen MR) is 98.1 cm³/mol. The molecule has 0 saturated carbocycles. The van der Waals surface area contributed by atoms with E-state index in [0.29, 0.717) is 6.04 Å². The molecule has 1 nitrogen and oxygen atoms in total. The van der Waals surface area contributed by atoms with Crippen LogP contribution in [0.3, 0.4) is 0 Å². The minimum Gasteiger partial charge on any atom is -0.310 e. The Kier molecular flexibility index (Phi) is 9.62. The van der Waals surface area contributed by atoms with Crippen LogP contribution < -0.4 is 5.32 Å². The van der Waals surface area contributed by atoms with E-state index in [0.717, 1.165) is 28.4 Å². The van der Waals surface area contributed by atoms with Gasteiger partial charge < -0.3 is 5.32 Å². The van der Waals surface area contributed by atoms with E-state index in [2.05, 4.69) is 54.2 Å². The summed E-state index contributed by atoms with van der Waals surface area (Å²) in [5.74, 6) is 0.800. The Morgan fingerprint density at radius 1 is 1.19 bits per heavy atom. The van der Waals surface area contributed by atoms with Gasteiger partial charge in [0.1, 0.15) is 0 Å². The number of halogens is 2. The monoisotopic (exact) mass is 373 g/mol. The smallest absolute Gasteiger partial charge is 0.0548 e. The average Bonchev–Trinajstić information content (AvgIpc) is 2.49. The van der Waals surface area contributed by atoms with Crippen molar-refractivity contribution in [3.05, 3.63) is 33.3 Å². The topological polar surface area (TPSA) is 12.0 Å². The van der Waals surface area contributed by atoms with Gasteiger partial charge in [0.25, 0.3) is 0 Å². The zero-order valence-corrected chi connectivity index (χ0v) is 15.9. The first kappa shape index (κ1) is 19.0. The Labute approximate surface area is 144 Å². The van der Waals surface area contributed by atoms with Gasteiger partial charge >= 0.3 is 0 Å². The molecule has 1 rings (SSSR count). The van der Waals surface area contributed by atoms with Gasteiger partial charge in [-0.2, -0.15) is 0 Å². The molecule has 1 N–H and O–H groups in total. The first-order valence-corrected chi connectivity index (χ1v) is 9.47. The molecule has 21 heavy (non-hydrogen) atoms. The van der Waals surface area contributed by atoms with Gasteiger partial charge in [0, 0.05) is 10.5 Å². The van der Waals surface area contributed by atoms with E-state index >= 15 is 0 Å². The van der Waals surface area contributed by atoms with Crippen molar-refractivity contribution in [3.8, 4) is 0 Å². The minimum atomic E-state index is 0.431. The fourth-order valence-electron chi connectivity index (χ4n) is 2.70. The van der Waals surface area contributed by atoms with Crippen LogP contribution in [0, 0.1) is 5.92 Å². The number of rotatable bonds is 10. The molecule has 120 valence electrons. The first-order chi connectivity index (χ1) is 10.1. The van der Waals surface area contributed by atoms with Crippen LogP contribution in [0.4, 0.5) is 0 Å². The molecule has 0 aliphatic rings. The van der Waals surface area contributed by atoms with Gasteiger partial charge in [-0.25, -0.2) is 0 Å². The van der Waals surface area contributed by atoms with Gasteiger partial charge in [-0.1, -0.05) is 64.1 Å². The minimum absolute atomic E-state index is 0.431. The highest BCUT2D eigenvalue weighted by Gasteiger charge is 2.17. The fraction of sp³-hybridized carbons (Fsp3) is 0.667. The molecule has 0 fully saturated rings. The number of hydrogen-bond acceptors (Lipinski definition) is 1. The third-order valence-corrected chi connectivity index (χ3v) is 5.31. The van der Waals surface area contributed by atoms with E-state index < -0.39 is 0 Å². The summed E-state index contributed by atoms with van der Waals surface area (Å²) in [4.78, 5) is 0. The Hall–Kier alpha value is -0.0500. The number of hydrogen-bond donors (Lipinski definition) is 1. The molecule has 0 aromatic heterocycles. The maximum Gasteiger partial charge on any atom is 0.0548 e. The predicted octanol–water partition coefficient (Wildman–Crippen LogP) is 6.75. The van der Waals surface area contributed by atoms with E-state index in [9.17, 15) is 0 Å². The Bertz CT molecular complexity index is 408. The molecule has 0 amide bonds. The van der Waals surface area contributed by atoms with Crippen LogP contribution in [-0.4, -0.2) is 6.54 Å². The Morgan fingerprint density at radius 3 is 2.52 bits per heavy atom. The number of unbranched alkanes of at least 4 members (excludes halogenated alkanes) is 1. The fourth-order valence-corrected chi connectivity index (χ4v) is 3.21. The molecule has 0 aliphatic carbocycles. The molecule has 0 radical (unpaired) electrons. The highest BCUT2D eigenvalue weighted by atomic mass is 79.9. The largest absolute Gasteiger partial charge is 0.310 e. The molecular weight excluding hydrogens is 346 g/mol. The van der Waals surface area contributed by atoms with Gasteiger partial charge in [0.2, 0.25) is 0 Å². The third-order valence-electron chi connectivity index (χ3n) is 4.10. The highest BCUT2D eigenvalue weighted by molar-refractivity contribution is 9.10. The molecule has 2 atom stereocenters. The molecule has 2 unspecified atom stereocenters. The zero-order valence-electron chi connectivity index (χ0n) is 13.6. The Morgan fingerprint density at radius 2 is 1.95 bits per heavy atom. The van der Waals surface area contributed by atoms with Crippen LogP contribution in [0.1, 0.15) is 70.9 Å². The van der Waals surface area contributed by atoms with Crippen LogP contribution in [0.2, 0.25) is 5.02 Å². The van der Waals surface area contributed by atoms with Crippen molar-refractivity contribution in [2.24, 2.45) is 5.92 Å². The van der Waals surface area contributed by atoms with Crippen molar-refractivity contribution in [2.45, 2.75) is 65.3 Å². The van der Waals surface area contributed by atoms with E-state index in [4.69, 9.17) is 11.6 Å². The van der Waals surface area contributed by atoms with Gasteiger partial charge in [-0.15, -0.1) is 0 Å². The lowest BCUT2D eigenvalue weighted by Crippen LogP contribution is -2.24. The van der Waals surface area contributed by atoms with Crippen molar-refractivity contribution < 1.29 is 0 Å². The second-order valence-corrected chi connectivity index (χ2v) is 7.09. The molecule has 0 bridgehead atoms. The molecule has 0 heterocycles. The third kappa shape index (κ3) is 6.71. The van der Waals surface area contributed by atoms with Gasteiger partial charge in [-0.05, 0) is 58.9 Å². The standard InChI is InChI=1S/C18H29BrClN/c1-4-7-8-14(6-3)12-18(21-11-5-2)15-9-10-17(20)16(19)13-15/h9-10,13-14,18,21H,4-8,11-12H2,1-3H3. The highest BCUT2D eigenvalue weighted by Crippen LogP contribution is 2.31. The van der Waals surface area contributed by atoms with Crippen LogP contribution in [-0.2, 0) is 0 Å². The summed E-state index contributed by atoms with van der Waals surface area (Å²) in [6.07, 6.45) is 7.60. The summed E-state index contributed by atoms with van der Waals surface area (Å²) < 4.78 is 0.992. The number of nitrogens with one attached hydrogen (secondary N) is 1. The molecule has 0 spiro atoms. The number of benzene rings is 1. The molecular formula is C18H29BrClN. The molecule has 1 aromatic carbocycles. The van der Waals surface area contributed by atoms with Gasteiger partial charge in [0.15, 0.2) is 0 Å². The summed E-state index contributed by atoms with van der Waals surface area (Å²) in [7, 11) is 0.